The third-order valence-electron chi connectivity index (χ3n) is 4.98. The molecule has 0 aliphatic carbocycles. The molecule has 0 radical (unpaired) electrons. The maximum Gasteiger partial charge on any atom is 0.416 e. The molecule has 1 aliphatic heterocycles. The first-order valence-electron chi connectivity index (χ1n) is 9.33. The van der Waals surface area contributed by atoms with E-state index in [9.17, 15) is 13.2 Å². The zero-order valence-electron chi connectivity index (χ0n) is 16.0. The van der Waals surface area contributed by atoms with Gasteiger partial charge in [-0.1, -0.05) is 12.1 Å². The molecule has 0 saturated carbocycles. The lowest BCUT2D eigenvalue weighted by atomic mass is 10.1. The lowest BCUT2D eigenvalue weighted by molar-refractivity contribution is -0.137. The van der Waals surface area contributed by atoms with Gasteiger partial charge in [0.25, 0.3) is 0 Å². The summed E-state index contributed by atoms with van der Waals surface area (Å²) in [5.74, 6) is 0.618. The van der Waals surface area contributed by atoms with Gasteiger partial charge < -0.3 is 4.90 Å². The normalized spacial score (nSPS) is 15.7. The molecule has 9 heteroatoms. The number of hydrogen-bond donors (Lipinski definition) is 0. The van der Waals surface area contributed by atoms with Gasteiger partial charge in [0.2, 0.25) is 0 Å². The average molecular weight is 402 g/mol. The van der Waals surface area contributed by atoms with Gasteiger partial charge in [-0.15, -0.1) is 0 Å². The summed E-state index contributed by atoms with van der Waals surface area (Å²) in [6.07, 6.45) is 2.56. The molecular formula is C20H21F3N6. The number of aryl methyl sites for hydroxylation is 1. The van der Waals surface area contributed by atoms with Gasteiger partial charge >= 0.3 is 6.18 Å². The Balaban J connectivity index is 1.51. The van der Waals surface area contributed by atoms with E-state index in [0.717, 1.165) is 50.4 Å². The minimum absolute atomic E-state index is 0.417. The zero-order valence-corrected chi connectivity index (χ0v) is 16.0. The van der Waals surface area contributed by atoms with E-state index in [-0.39, 0.29) is 0 Å². The van der Waals surface area contributed by atoms with E-state index in [1.54, 1.807) is 16.9 Å². The monoisotopic (exact) mass is 402 g/mol. The first kappa shape index (κ1) is 19.4. The van der Waals surface area contributed by atoms with Gasteiger partial charge in [-0.25, -0.2) is 4.98 Å². The van der Waals surface area contributed by atoms with Gasteiger partial charge in [0.05, 0.1) is 11.8 Å². The summed E-state index contributed by atoms with van der Waals surface area (Å²) >= 11 is 0. The van der Waals surface area contributed by atoms with Gasteiger partial charge in [-0.05, 0) is 12.1 Å². The van der Waals surface area contributed by atoms with E-state index in [0.29, 0.717) is 17.1 Å². The molecule has 1 aromatic carbocycles. The van der Waals surface area contributed by atoms with Crippen molar-refractivity contribution in [1.29, 1.82) is 0 Å². The highest BCUT2D eigenvalue weighted by Crippen LogP contribution is 2.34. The number of aromatic nitrogens is 4. The predicted molar refractivity (Wildman–Crippen MR) is 103 cm³/mol. The van der Waals surface area contributed by atoms with Crippen LogP contribution in [-0.4, -0.2) is 50.8 Å². The summed E-state index contributed by atoms with van der Waals surface area (Å²) in [4.78, 5) is 13.2. The van der Waals surface area contributed by atoms with Crippen LogP contribution in [-0.2, 0) is 19.8 Å². The second kappa shape index (κ2) is 7.82. The number of hydrogen-bond acceptors (Lipinski definition) is 5. The standard InChI is InChI=1S/C20H21F3N6/c1-27-13-15(12-26-27)14-28-7-9-29(10-8-28)19-18(24-5-6-25-19)16-3-2-4-17(11-16)20(21,22)23/h2-6,11-13H,7-10,14H2,1H3. The number of anilines is 1. The lowest BCUT2D eigenvalue weighted by Crippen LogP contribution is -2.46. The van der Waals surface area contributed by atoms with E-state index < -0.39 is 11.7 Å². The maximum atomic E-state index is 13.1. The van der Waals surface area contributed by atoms with Gasteiger partial charge in [-0.3, -0.25) is 14.6 Å². The van der Waals surface area contributed by atoms with Gasteiger partial charge in [0.1, 0.15) is 5.69 Å². The molecule has 1 saturated heterocycles. The molecule has 2 aromatic heterocycles. The highest BCUT2D eigenvalue weighted by molar-refractivity contribution is 5.72. The molecule has 1 aliphatic rings. The minimum Gasteiger partial charge on any atom is -0.352 e. The SMILES string of the molecule is Cn1cc(CN2CCN(c3nccnc3-c3cccc(C(F)(F)F)c3)CC2)cn1. The van der Waals surface area contributed by atoms with Crippen LogP contribution in [0.1, 0.15) is 11.1 Å². The molecule has 152 valence electrons. The van der Waals surface area contributed by atoms with Crippen molar-refractivity contribution in [2.45, 2.75) is 12.7 Å². The third-order valence-corrected chi connectivity index (χ3v) is 4.98. The maximum absolute atomic E-state index is 13.1. The van der Waals surface area contributed by atoms with Gasteiger partial charge in [-0.2, -0.15) is 18.3 Å². The van der Waals surface area contributed by atoms with Crippen molar-refractivity contribution in [2.24, 2.45) is 7.05 Å². The molecule has 0 spiro atoms. The van der Waals surface area contributed by atoms with Crippen LogP contribution in [0.15, 0.2) is 49.1 Å². The quantitative estimate of drug-likeness (QED) is 0.671. The topological polar surface area (TPSA) is 50.1 Å². The number of rotatable bonds is 4. The summed E-state index contributed by atoms with van der Waals surface area (Å²) in [5.41, 5.74) is 1.36. The zero-order chi connectivity index (χ0) is 20.4. The van der Waals surface area contributed by atoms with Crippen LogP contribution in [0.5, 0.6) is 0 Å². The number of benzene rings is 1. The van der Waals surface area contributed by atoms with E-state index in [1.807, 2.05) is 19.4 Å². The number of nitrogens with zero attached hydrogens (tertiary/aromatic N) is 6. The van der Waals surface area contributed by atoms with Crippen molar-refractivity contribution in [3.8, 4) is 11.3 Å². The first-order chi connectivity index (χ1) is 13.9. The fraction of sp³-hybridized carbons (Fsp3) is 0.350. The van der Waals surface area contributed by atoms with Crippen molar-refractivity contribution in [1.82, 2.24) is 24.6 Å². The summed E-state index contributed by atoms with van der Waals surface area (Å²) in [6, 6.07) is 5.24. The Hall–Kier alpha value is -2.94. The van der Waals surface area contributed by atoms with E-state index in [4.69, 9.17) is 0 Å². The van der Waals surface area contributed by atoms with Crippen LogP contribution in [0.2, 0.25) is 0 Å². The van der Waals surface area contributed by atoms with Crippen LogP contribution in [0.3, 0.4) is 0 Å². The van der Waals surface area contributed by atoms with Gasteiger partial charge in [0.15, 0.2) is 5.82 Å². The van der Waals surface area contributed by atoms with Crippen LogP contribution >= 0.6 is 0 Å². The smallest absolute Gasteiger partial charge is 0.352 e. The Labute approximate surface area is 166 Å². The molecule has 0 atom stereocenters. The largest absolute Gasteiger partial charge is 0.416 e. The molecule has 4 rings (SSSR count). The average Bonchev–Trinajstić information content (AvgIpc) is 3.13. The number of piperazine rings is 1. The Kier molecular flexibility index (Phi) is 5.23. The third kappa shape index (κ3) is 4.40. The summed E-state index contributed by atoms with van der Waals surface area (Å²) in [5, 5.41) is 4.20. The Morgan fingerprint density at radius 3 is 2.48 bits per heavy atom. The summed E-state index contributed by atoms with van der Waals surface area (Å²) in [6.45, 7) is 3.93. The predicted octanol–water partition coefficient (Wildman–Crippen LogP) is 3.22. The summed E-state index contributed by atoms with van der Waals surface area (Å²) < 4.78 is 41.1. The molecule has 3 heterocycles. The molecular weight excluding hydrogens is 381 g/mol. The minimum atomic E-state index is -4.39. The van der Waals surface area contributed by atoms with Crippen LogP contribution in [0.4, 0.5) is 19.0 Å². The Morgan fingerprint density at radius 2 is 1.79 bits per heavy atom. The van der Waals surface area contributed by atoms with Crippen LogP contribution < -0.4 is 4.90 Å². The van der Waals surface area contributed by atoms with Crippen molar-refractivity contribution < 1.29 is 13.2 Å². The van der Waals surface area contributed by atoms with E-state index >= 15 is 0 Å². The van der Waals surface area contributed by atoms with Crippen molar-refractivity contribution in [3.05, 3.63) is 60.2 Å². The van der Waals surface area contributed by atoms with Crippen LogP contribution in [0.25, 0.3) is 11.3 Å². The first-order valence-corrected chi connectivity index (χ1v) is 9.33. The highest BCUT2D eigenvalue weighted by Gasteiger charge is 2.31. The summed E-state index contributed by atoms with van der Waals surface area (Å²) in [7, 11) is 1.89. The van der Waals surface area contributed by atoms with E-state index in [2.05, 4.69) is 24.9 Å². The number of alkyl halides is 3. The second-order valence-corrected chi connectivity index (χ2v) is 7.09. The number of halogens is 3. The van der Waals surface area contributed by atoms with Crippen molar-refractivity contribution in [2.75, 3.05) is 31.1 Å². The molecule has 0 amide bonds. The molecule has 0 bridgehead atoms. The lowest BCUT2D eigenvalue weighted by Gasteiger charge is -2.35. The highest BCUT2D eigenvalue weighted by atomic mass is 19.4. The van der Waals surface area contributed by atoms with Crippen LogP contribution in [0, 0.1) is 0 Å². The molecule has 6 nitrogen and oxygen atoms in total. The van der Waals surface area contributed by atoms with Gasteiger partial charge in [0, 0.05) is 69.5 Å². The molecule has 0 N–H and O–H groups in total. The molecule has 0 unspecified atom stereocenters. The molecule has 29 heavy (non-hydrogen) atoms. The fourth-order valence-electron chi connectivity index (χ4n) is 3.54. The molecule has 1 fully saturated rings. The second-order valence-electron chi connectivity index (χ2n) is 7.09. The Bertz CT molecular complexity index is 976. The van der Waals surface area contributed by atoms with Crippen molar-refractivity contribution >= 4 is 5.82 Å². The van der Waals surface area contributed by atoms with Crippen molar-refractivity contribution in [3.63, 3.8) is 0 Å². The van der Waals surface area contributed by atoms with E-state index in [1.165, 1.54) is 12.3 Å². The Morgan fingerprint density at radius 1 is 1.03 bits per heavy atom. The fourth-order valence-corrected chi connectivity index (χ4v) is 3.54. The molecule has 3 aromatic rings.